The normalized spacial score (nSPS) is 10.9. The van der Waals surface area contributed by atoms with Crippen LogP contribution in [0, 0.1) is 0 Å². The molecule has 0 radical (unpaired) electrons. The van der Waals surface area contributed by atoms with Crippen molar-refractivity contribution >= 4 is 34.5 Å². The second kappa shape index (κ2) is 4.39. The molecule has 0 aromatic carbocycles. The molecule has 3 aromatic heterocycles. The molecule has 0 aliphatic carbocycles. The van der Waals surface area contributed by atoms with Crippen LogP contribution in [0.3, 0.4) is 0 Å². The maximum Gasteiger partial charge on any atom is 0.210 e. The number of halogens is 1. The van der Waals surface area contributed by atoms with Crippen LogP contribution in [0.15, 0.2) is 57.1 Å². The number of nitrogens with zero attached hydrogens (tertiary/aromatic N) is 2. The van der Waals surface area contributed by atoms with Gasteiger partial charge in [-0.3, -0.25) is 4.98 Å². The van der Waals surface area contributed by atoms with Gasteiger partial charge < -0.3 is 4.42 Å². The van der Waals surface area contributed by atoms with E-state index in [2.05, 4.69) is 9.97 Å². The van der Waals surface area contributed by atoms with Crippen LogP contribution in [0.2, 0.25) is 5.22 Å². The Morgan fingerprint density at radius 3 is 2.76 bits per heavy atom. The van der Waals surface area contributed by atoms with Crippen molar-refractivity contribution in [1.82, 2.24) is 9.97 Å². The molecule has 0 N–H and O–H groups in total. The summed E-state index contributed by atoms with van der Waals surface area (Å²) in [6.45, 7) is 0. The van der Waals surface area contributed by atoms with Gasteiger partial charge in [0, 0.05) is 12.4 Å². The highest BCUT2D eigenvalue weighted by Crippen LogP contribution is 2.39. The van der Waals surface area contributed by atoms with Crippen LogP contribution in [0.4, 0.5) is 0 Å². The Bertz CT molecular complexity index is 654. The minimum atomic E-state index is 0.356. The van der Waals surface area contributed by atoms with Crippen LogP contribution in [0.25, 0.3) is 11.1 Å². The van der Waals surface area contributed by atoms with Crippen molar-refractivity contribution < 1.29 is 4.42 Å². The zero-order valence-electron chi connectivity index (χ0n) is 8.63. The molecule has 0 aliphatic rings. The molecule has 3 aromatic rings. The van der Waals surface area contributed by atoms with E-state index in [9.17, 15) is 0 Å². The first-order chi connectivity index (χ1) is 8.34. The van der Waals surface area contributed by atoms with Gasteiger partial charge in [0.15, 0.2) is 5.58 Å². The summed E-state index contributed by atoms with van der Waals surface area (Å²) in [4.78, 5) is 9.31. The molecule has 3 heterocycles. The maximum atomic E-state index is 6.06. The van der Waals surface area contributed by atoms with Crippen molar-refractivity contribution in [3.63, 3.8) is 0 Å². The van der Waals surface area contributed by atoms with Gasteiger partial charge in [-0.1, -0.05) is 17.8 Å². The third-order valence-corrected chi connectivity index (χ3v) is 3.62. The summed E-state index contributed by atoms with van der Waals surface area (Å²) in [5.41, 5.74) is 1.46. The van der Waals surface area contributed by atoms with E-state index < -0.39 is 0 Å². The third-order valence-electron chi connectivity index (χ3n) is 2.21. The number of furan rings is 1. The molecule has 17 heavy (non-hydrogen) atoms. The molecule has 0 saturated heterocycles. The molecule has 0 unspecified atom stereocenters. The lowest BCUT2D eigenvalue weighted by molar-refractivity contribution is 0.610. The van der Waals surface area contributed by atoms with Gasteiger partial charge in [0.2, 0.25) is 5.22 Å². The predicted octanol–water partition coefficient (Wildman–Crippen LogP) is 4.03. The Kier molecular flexibility index (Phi) is 2.74. The van der Waals surface area contributed by atoms with Gasteiger partial charge in [0.1, 0.15) is 10.5 Å². The molecule has 0 atom stereocenters. The lowest BCUT2D eigenvalue weighted by atomic mass is 10.4. The lowest BCUT2D eigenvalue weighted by Crippen LogP contribution is -1.78. The molecule has 0 spiro atoms. The average molecular weight is 263 g/mol. The highest BCUT2D eigenvalue weighted by Gasteiger charge is 2.14. The molecule has 5 heteroatoms. The van der Waals surface area contributed by atoms with Gasteiger partial charge in [-0.05, 0) is 35.9 Å². The molecular formula is C12H7ClN2OS. The summed E-state index contributed by atoms with van der Waals surface area (Å²) in [5.74, 6) is 0. The average Bonchev–Trinajstić information content (AvgIpc) is 2.68. The number of hydrogen-bond acceptors (Lipinski definition) is 4. The fourth-order valence-corrected chi connectivity index (χ4v) is 2.61. The Balaban J connectivity index is 2.08. The van der Waals surface area contributed by atoms with E-state index in [1.54, 1.807) is 12.4 Å². The zero-order chi connectivity index (χ0) is 11.7. The second-order valence-corrected chi connectivity index (χ2v) is 4.70. The van der Waals surface area contributed by atoms with Crippen molar-refractivity contribution in [2.75, 3.05) is 0 Å². The van der Waals surface area contributed by atoms with Crippen molar-refractivity contribution in [2.45, 2.75) is 9.92 Å². The summed E-state index contributed by atoms with van der Waals surface area (Å²) in [6.07, 6.45) is 3.46. The summed E-state index contributed by atoms with van der Waals surface area (Å²) in [6, 6.07) is 9.38. The van der Waals surface area contributed by atoms with Crippen LogP contribution in [-0.4, -0.2) is 9.97 Å². The monoisotopic (exact) mass is 262 g/mol. The van der Waals surface area contributed by atoms with Crippen molar-refractivity contribution in [1.29, 1.82) is 0 Å². The van der Waals surface area contributed by atoms with E-state index in [1.807, 2.05) is 30.3 Å². The standard InChI is InChI=1S/C12H7ClN2OS/c13-12-11(17-9-5-1-2-6-14-9)10-8(16-12)4-3-7-15-10/h1-7H. The van der Waals surface area contributed by atoms with Gasteiger partial charge in [0.25, 0.3) is 0 Å². The fourth-order valence-electron chi connectivity index (χ4n) is 1.48. The Labute approximate surface area is 107 Å². The van der Waals surface area contributed by atoms with E-state index in [-0.39, 0.29) is 0 Å². The number of pyridine rings is 2. The topological polar surface area (TPSA) is 38.9 Å². The Hall–Kier alpha value is -1.52. The number of fused-ring (bicyclic) bond motifs is 1. The molecular weight excluding hydrogens is 256 g/mol. The first kappa shape index (κ1) is 10.6. The zero-order valence-corrected chi connectivity index (χ0v) is 10.2. The minimum Gasteiger partial charge on any atom is -0.442 e. The molecule has 3 rings (SSSR count). The van der Waals surface area contributed by atoms with E-state index in [0.29, 0.717) is 10.8 Å². The summed E-state index contributed by atoms with van der Waals surface area (Å²) < 4.78 is 5.43. The van der Waals surface area contributed by atoms with E-state index in [0.717, 1.165) is 15.4 Å². The van der Waals surface area contributed by atoms with Gasteiger partial charge in [-0.15, -0.1) is 0 Å². The quantitative estimate of drug-likeness (QED) is 0.699. The van der Waals surface area contributed by atoms with Crippen LogP contribution in [0.1, 0.15) is 0 Å². The summed E-state index contributed by atoms with van der Waals surface area (Å²) in [7, 11) is 0. The van der Waals surface area contributed by atoms with Crippen LogP contribution < -0.4 is 0 Å². The highest BCUT2D eigenvalue weighted by atomic mass is 35.5. The summed E-state index contributed by atoms with van der Waals surface area (Å²) >= 11 is 7.51. The Morgan fingerprint density at radius 2 is 1.94 bits per heavy atom. The van der Waals surface area contributed by atoms with Crippen LogP contribution in [-0.2, 0) is 0 Å². The smallest absolute Gasteiger partial charge is 0.210 e. The molecule has 84 valence electrons. The van der Waals surface area contributed by atoms with Crippen molar-refractivity contribution in [3.8, 4) is 0 Å². The third kappa shape index (κ3) is 2.01. The van der Waals surface area contributed by atoms with Crippen molar-refractivity contribution in [2.24, 2.45) is 0 Å². The number of hydrogen-bond donors (Lipinski definition) is 0. The van der Waals surface area contributed by atoms with Gasteiger partial charge in [-0.2, -0.15) is 0 Å². The van der Waals surface area contributed by atoms with Crippen LogP contribution >= 0.6 is 23.4 Å². The first-order valence-corrected chi connectivity index (χ1v) is 6.16. The van der Waals surface area contributed by atoms with E-state index in [1.165, 1.54) is 11.8 Å². The molecule has 3 nitrogen and oxygen atoms in total. The molecule has 0 saturated carbocycles. The molecule has 0 fully saturated rings. The second-order valence-electron chi connectivity index (χ2n) is 3.33. The minimum absolute atomic E-state index is 0.356. The SMILES string of the molecule is Clc1oc2cccnc2c1Sc1ccccn1. The van der Waals surface area contributed by atoms with Gasteiger partial charge >= 0.3 is 0 Å². The summed E-state index contributed by atoms with van der Waals surface area (Å²) in [5, 5.41) is 1.22. The number of rotatable bonds is 2. The van der Waals surface area contributed by atoms with Crippen molar-refractivity contribution in [3.05, 3.63) is 47.9 Å². The van der Waals surface area contributed by atoms with E-state index in [4.69, 9.17) is 16.0 Å². The molecule has 0 amide bonds. The highest BCUT2D eigenvalue weighted by molar-refractivity contribution is 7.99. The van der Waals surface area contributed by atoms with E-state index >= 15 is 0 Å². The molecule has 0 aliphatic heterocycles. The lowest BCUT2D eigenvalue weighted by Gasteiger charge is -1.97. The Morgan fingerprint density at radius 1 is 1.06 bits per heavy atom. The fraction of sp³-hybridized carbons (Fsp3) is 0. The predicted molar refractivity (Wildman–Crippen MR) is 67.4 cm³/mol. The first-order valence-electron chi connectivity index (χ1n) is 4.96. The largest absolute Gasteiger partial charge is 0.442 e. The van der Waals surface area contributed by atoms with Gasteiger partial charge in [0.05, 0.1) is 4.90 Å². The van der Waals surface area contributed by atoms with Gasteiger partial charge in [-0.25, -0.2) is 4.98 Å². The van der Waals surface area contributed by atoms with Crippen LogP contribution in [0.5, 0.6) is 0 Å². The molecule has 0 bridgehead atoms. The number of aromatic nitrogens is 2. The maximum absolute atomic E-state index is 6.06.